The number of nitrogens with zero attached hydrogens (tertiary/aromatic N) is 4. The van der Waals surface area contributed by atoms with E-state index in [0.29, 0.717) is 18.1 Å². The summed E-state index contributed by atoms with van der Waals surface area (Å²) in [6, 6.07) is 8.31. The lowest BCUT2D eigenvalue weighted by molar-refractivity contribution is 0.0609. The molecule has 1 aliphatic heterocycles. The molecule has 2 aromatic rings. The van der Waals surface area contributed by atoms with Crippen molar-refractivity contribution < 1.29 is 9.90 Å². The van der Waals surface area contributed by atoms with Crippen LogP contribution in [-0.2, 0) is 6.42 Å². The molecule has 6 nitrogen and oxygen atoms in total. The van der Waals surface area contributed by atoms with Gasteiger partial charge in [0.05, 0.1) is 18.2 Å². The summed E-state index contributed by atoms with van der Waals surface area (Å²) in [6.45, 7) is 2.20. The maximum Gasteiger partial charge on any atom is 0.257 e. The lowest BCUT2D eigenvalue weighted by Gasteiger charge is -2.35. The Bertz CT molecular complexity index is 802. The van der Waals surface area contributed by atoms with Gasteiger partial charge in [0.1, 0.15) is 0 Å². The molecule has 1 amide bonds. The lowest BCUT2D eigenvalue weighted by Crippen LogP contribution is -2.39. The van der Waals surface area contributed by atoms with Crippen molar-refractivity contribution in [1.82, 2.24) is 14.9 Å². The van der Waals surface area contributed by atoms with Gasteiger partial charge in [-0.3, -0.25) is 4.79 Å². The van der Waals surface area contributed by atoms with Gasteiger partial charge in [0.15, 0.2) is 0 Å². The van der Waals surface area contributed by atoms with Crippen LogP contribution >= 0.6 is 0 Å². The quantitative estimate of drug-likeness (QED) is 0.864. The van der Waals surface area contributed by atoms with Gasteiger partial charge in [0.25, 0.3) is 5.91 Å². The molecule has 2 heterocycles. The minimum Gasteiger partial charge on any atom is -0.395 e. The Morgan fingerprint density at radius 2 is 1.86 bits per heavy atom. The van der Waals surface area contributed by atoms with Crippen molar-refractivity contribution >= 4 is 11.9 Å². The molecule has 0 spiro atoms. The fraction of sp³-hybridized carbons (Fsp3) is 0.500. The van der Waals surface area contributed by atoms with Crippen LogP contribution in [0.15, 0.2) is 36.7 Å². The molecule has 1 aliphatic carbocycles. The van der Waals surface area contributed by atoms with Crippen molar-refractivity contribution in [1.29, 1.82) is 0 Å². The highest BCUT2D eigenvalue weighted by Crippen LogP contribution is 2.34. The van der Waals surface area contributed by atoms with E-state index in [1.54, 1.807) is 17.3 Å². The number of fused-ring (bicyclic) bond motifs is 1. The molecular weight excluding hydrogens is 352 g/mol. The second-order valence-corrected chi connectivity index (χ2v) is 7.65. The smallest absolute Gasteiger partial charge is 0.257 e. The van der Waals surface area contributed by atoms with Gasteiger partial charge in [-0.05, 0) is 49.7 Å². The average Bonchev–Trinajstić information content (AvgIpc) is 2.77. The van der Waals surface area contributed by atoms with Gasteiger partial charge < -0.3 is 14.9 Å². The number of piperidine rings is 1. The largest absolute Gasteiger partial charge is 0.395 e. The third-order valence-corrected chi connectivity index (χ3v) is 5.84. The molecule has 1 saturated heterocycles. The summed E-state index contributed by atoms with van der Waals surface area (Å²) in [5, 5.41) is 9.59. The van der Waals surface area contributed by atoms with Crippen LogP contribution in [0.2, 0.25) is 0 Å². The molecule has 0 unspecified atom stereocenters. The summed E-state index contributed by atoms with van der Waals surface area (Å²) in [5.74, 6) is 0.592. The van der Waals surface area contributed by atoms with E-state index in [2.05, 4.69) is 27.0 Å². The summed E-state index contributed by atoms with van der Waals surface area (Å²) < 4.78 is 0. The van der Waals surface area contributed by atoms with E-state index >= 15 is 0 Å². The highest BCUT2D eigenvalue weighted by molar-refractivity contribution is 5.94. The number of aromatic nitrogens is 2. The zero-order valence-electron chi connectivity index (χ0n) is 16.3. The molecule has 0 radical (unpaired) electrons. The normalized spacial score (nSPS) is 19.2. The summed E-state index contributed by atoms with van der Waals surface area (Å²) in [4.78, 5) is 26.1. The standard InChI is InChI=1S/C22H28N4O2/c27-14-13-26(20-10-6-8-17-7-2-3-9-19(17)20)21(28)18-15-23-22(24-16-18)25-11-4-1-5-12-25/h2-3,7,9,15-16,20,27H,1,4-6,8,10-14H2/t20-/m0/s1. The first-order valence-corrected chi connectivity index (χ1v) is 10.3. The van der Waals surface area contributed by atoms with Crippen molar-refractivity contribution in [3.8, 4) is 0 Å². The predicted molar refractivity (Wildman–Crippen MR) is 108 cm³/mol. The van der Waals surface area contributed by atoms with E-state index < -0.39 is 0 Å². The van der Waals surface area contributed by atoms with E-state index in [1.807, 2.05) is 12.1 Å². The highest BCUT2D eigenvalue weighted by Gasteiger charge is 2.30. The van der Waals surface area contributed by atoms with Crippen LogP contribution in [-0.4, -0.2) is 52.1 Å². The van der Waals surface area contributed by atoms with Crippen LogP contribution in [0.3, 0.4) is 0 Å². The summed E-state index contributed by atoms with van der Waals surface area (Å²) >= 11 is 0. The summed E-state index contributed by atoms with van der Waals surface area (Å²) in [6.07, 6.45) is 9.85. The van der Waals surface area contributed by atoms with E-state index in [0.717, 1.165) is 45.2 Å². The topological polar surface area (TPSA) is 69.6 Å². The number of aryl methyl sites for hydroxylation is 1. The minimum atomic E-state index is -0.110. The number of carbonyl (C=O) groups is 1. The number of anilines is 1. The van der Waals surface area contributed by atoms with Crippen molar-refractivity contribution in [2.45, 2.75) is 44.6 Å². The Morgan fingerprint density at radius 1 is 1.11 bits per heavy atom. The van der Waals surface area contributed by atoms with Crippen molar-refractivity contribution in [2.24, 2.45) is 0 Å². The Morgan fingerprint density at radius 3 is 2.61 bits per heavy atom. The van der Waals surface area contributed by atoms with Crippen LogP contribution < -0.4 is 4.90 Å². The summed E-state index contributed by atoms with van der Waals surface area (Å²) in [7, 11) is 0. The van der Waals surface area contributed by atoms with Gasteiger partial charge in [0, 0.05) is 32.0 Å². The molecule has 1 atom stereocenters. The number of benzene rings is 1. The van der Waals surface area contributed by atoms with Crippen molar-refractivity contribution in [3.05, 3.63) is 53.3 Å². The van der Waals surface area contributed by atoms with Gasteiger partial charge in [-0.2, -0.15) is 0 Å². The van der Waals surface area contributed by atoms with Crippen LogP contribution in [0.25, 0.3) is 0 Å². The Kier molecular flexibility index (Phi) is 5.86. The molecule has 28 heavy (non-hydrogen) atoms. The lowest BCUT2D eigenvalue weighted by atomic mass is 9.86. The van der Waals surface area contributed by atoms with Crippen LogP contribution in [0.5, 0.6) is 0 Å². The molecule has 6 heteroatoms. The Hall–Kier alpha value is -2.47. The van der Waals surface area contributed by atoms with Gasteiger partial charge >= 0.3 is 0 Å². The number of rotatable bonds is 5. The Balaban J connectivity index is 1.56. The maximum absolute atomic E-state index is 13.3. The van der Waals surface area contributed by atoms with Gasteiger partial charge in [-0.15, -0.1) is 0 Å². The van der Waals surface area contributed by atoms with E-state index in [-0.39, 0.29) is 18.6 Å². The number of aliphatic hydroxyl groups is 1. The van der Waals surface area contributed by atoms with Gasteiger partial charge in [-0.25, -0.2) is 9.97 Å². The Labute approximate surface area is 166 Å². The molecule has 0 saturated carbocycles. The molecule has 1 fully saturated rings. The molecule has 1 N–H and O–H groups in total. The minimum absolute atomic E-state index is 0.00799. The maximum atomic E-state index is 13.3. The molecule has 4 rings (SSSR count). The second-order valence-electron chi connectivity index (χ2n) is 7.65. The number of hydrogen-bond donors (Lipinski definition) is 1. The third-order valence-electron chi connectivity index (χ3n) is 5.84. The molecule has 0 bridgehead atoms. The van der Waals surface area contributed by atoms with Crippen molar-refractivity contribution in [3.63, 3.8) is 0 Å². The van der Waals surface area contributed by atoms with E-state index in [4.69, 9.17) is 0 Å². The molecule has 1 aromatic carbocycles. The first kappa shape index (κ1) is 18.9. The predicted octanol–water partition coefficient (Wildman–Crippen LogP) is 2.98. The van der Waals surface area contributed by atoms with Crippen LogP contribution in [0, 0.1) is 0 Å². The third kappa shape index (κ3) is 3.87. The van der Waals surface area contributed by atoms with Crippen molar-refractivity contribution in [2.75, 3.05) is 31.1 Å². The number of hydrogen-bond acceptors (Lipinski definition) is 5. The molecule has 2 aliphatic rings. The summed E-state index contributed by atoms with van der Waals surface area (Å²) in [5.41, 5.74) is 2.98. The number of amides is 1. The van der Waals surface area contributed by atoms with E-state index in [9.17, 15) is 9.90 Å². The van der Waals surface area contributed by atoms with Crippen LogP contribution in [0.4, 0.5) is 5.95 Å². The zero-order chi connectivity index (χ0) is 19.3. The molecule has 148 valence electrons. The van der Waals surface area contributed by atoms with Crippen LogP contribution in [0.1, 0.15) is 59.6 Å². The van der Waals surface area contributed by atoms with Gasteiger partial charge in [0.2, 0.25) is 5.95 Å². The fourth-order valence-electron chi connectivity index (χ4n) is 4.41. The molecule has 1 aromatic heterocycles. The van der Waals surface area contributed by atoms with E-state index in [1.165, 1.54) is 17.5 Å². The molecular formula is C22H28N4O2. The first-order chi connectivity index (χ1) is 13.8. The highest BCUT2D eigenvalue weighted by atomic mass is 16.3. The SMILES string of the molecule is O=C(c1cnc(N2CCCCC2)nc1)N(CCO)[C@H]1CCCc2ccccc21. The van der Waals surface area contributed by atoms with Gasteiger partial charge in [-0.1, -0.05) is 24.3 Å². The number of carbonyl (C=O) groups excluding carboxylic acids is 1. The second kappa shape index (κ2) is 8.69. The number of aliphatic hydroxyl groups excluding tert-OH is 1. The first-order valence-electron chi connectivity index (χ1n) is 10.3. The zero-order valence-corrected chi connectivity index (χ0v) is 16.3. The average molecular weight is 380 g/mol. The fourth-order valence-corrected chi connectivity index (χ4v) is 4.41. The monoisotopic (exact) mass is 380 g/mol.